The smallest absolute Gasteiger partial charge is 0.457 e. The number of ether oxygens (including phenoxy) is 3. The van der Waals surface area contributed by atoms with Gasteiger partial charge in [0.15, 0.2) is 0 Å². The largest absolute Gasteiger partial charge is 0.472 e. The van der Waals surface area contributed by atoms with Gasteiger partial charge in [-0.25, -0.2) is 4.57 Å². The molecule has 0 saturated carbocycles. The first kappa shape index (κ1) is 50.4. The fourth-order valence-corrected chi connectivity index (χ4v) is 6.61. The molecule has 1 N–H and O–H groups in total. The van der Waals surface area contributed by atoms with E-state index in [1.165, 1.54) is 77.0 Å². The molecule has 1 saturated heterocycles. The highest BCUT2D eigenvalue weighted by Gasteiger charge is 2.36. The number of esters is 1. The summed E-state index contributed by atoms with van der Waals surface area (Å²) in [6.07, 6.45) is 41.7. The molecule has 0 aromatic carbocycles. The first-order valence-electron chi connectivity index (χ1n) is 21.5. The predicted molar refractivity (Wildman–Crippen MR) is 223 cm³/mol. The number of hydrogen-bond acceptors (Lipinski definition) is 7. The molecule has 0 aromatic heterocycles. The molecule has 1 aliphatic rings. The topological polar surface area (TPSA) is 104 Å². The van der Waals surface area contributed by atoms with Crippen LogP contribution in [0.25, 0.3) is 0 Å². The van der Waals surface area contributed by atoms with Crippen molar-refractivity contribution in [2.75, 3.05) is 54.1 Å². The molecule has 1 heterocycles. The number of unbranched alkanes of at least 4 members (excludes halogenated alkanes) is 14. The SMILES string of the molecule is CC/C=C\C/C=C\C/C=C\CC1OC1C/C=C\CCCC(=O)OC(COCCCCCCCCCCCCCCCC)COP(=O)(O)OCC[N+](C)(C)C. The zero-order valence-electron chi connectivity index (χ0n) is 35.1. The van der Waals surface area contributed by atoms with E-state index in [4.69, 9.17) is 23.3 Å². The van der Waals surface area contributed by atoms with Crippen LogP contribution in [0.1, 0.15) is 155 Å². The van der Waals surface area contributed by atoms with Gasteiger partial charge >= 0.3 is 13.8 Å². The molecule has 0 aromatic rings. The fraction of sp³-hybridized carbons (Fsp3) is 0.795. The minimum atomic E-state index is -4.29. The summed E-state index contributed by atoms with van der Waals surface area (Å²) in [4.78, 5) is 22.9. The number of rotatable bonds is 38. The monoisotopic (exact) mass is 783 g/mol. The number of carbonyl (C=O) groups is 1. The normalized spacial score (nSPS) is 18.0. The summed E-state index contributed by atoms with van der Waals surface area (Å²) in [5.74, 6) is -0.375. The van der Waals surface area contributed by atoms with Gasteiger partial charge < -0.3 is 23.6 Å². The van der Waals surface area contributed by atoms with E-state index in [1.54, 1.807) is 0 Å². The van der Waals surface area contributed by atoms with E-state index in [0.29, 0.717) is 30.2 Å². The van der Waals surface area contributed by atoms with Gasteiger partial charge in [-0.2, -0.15) is 0 Å². The number of nitrogens with zero attached hydrogens (tertiary/aromatic N) is 1. The van der Waals surface area contributed by atoms with Gasteiger partial charge in [0.05, 0.1) is 46.6 Å². The molecule has 4 unspecified atom stereocenters. The molecule has 1 fully saturated rings. The van der Waals surface area contributed by atoms with Crippen LogP contribution < -0.4 is 0 Å². The van der Waals surface area contributed by atoms with Gasteiger partial charge in [-0.15, -0.1) is 0 Å². The molecule has 0 radical (unpaired) electrons. The third kappa shape index (κ3) is 33.7. The molecule has 0 spiro atoms. The first-order chi connectivity index (χ1) is 26.1. The van der Waals surface area contributed by atoms with Crippen molar-refractivity contribution in [3.63, 3.8) is 0 Å². The van der Waals surface area contributed by atoms with Crippen LogP contribution in [0.15, 0.2) is 48.6 Å². The van der Waals surface area contributed by atoms with Crippen LogP contribution in [0.4, 0.5) is 0 Å². The molecule has 1 rings (SSSR count). The lowest BCUT2D eigenvalue weighted by atomic mass is 10.0. The third-order valence-electron chi connectivity index (χ3n) is 9.31. The molecule has 9 nitrogen and oxygen atoms in total. The Morgan fingerprint density at radius 1 is 0.685 bits per heavy atom. The van der Waals surface area contributed by atoms with E-state index in [9.17, 15) is 14.3 Å². The van der Waals surface area contributed by atoms with Gasteiger partial charge in [-0.05, 0) is 51.4 Å². The highest BCUT2D eigenvalue weighted by Crippen LogP contribution is 2.43. The Labute approximate surface area is 331 Å². The van der Waals surface area contributed by atoms with Crippen LogP contribution in [0, 0.1) is 0 Å². The number of allylic oxidation sites excluding steroid dienone is 6. The number of epoxide rings is 1. The zero-order chi connectivity index (χ0) is 39.6. The Bertz CT molecular complexity index is 1070. The average molecular weight is 783 g/mol. The number of carbonyl (C=O) groups excluding carboxylic acids is 1. The lowest BCUT2D eigenvalue weighted by Crippen LogP contribution is -2.37. The van der Waals surface area contributed by atoms with Gasteiger partial charge in [-0.3, -0.25) is 13.8 Å². The third-order valence-corrected chi connectivity index (χ3v) is 10.3. The summed E-state index contributed by atoms with van der Waals surface area (Å²) in [6.45, 7) is 5.41. The Hall–Kier alpha value is -1.58. The lowest BCUT2D eigenvalue weighted by molar-refractivity contribution is -0.870. The summed E-state index contributed by atoms with van der Waals surface area (Å²) < 4.78 is 40.7. The van der Waals surface area contributed by atoms with Crippen LogP contribution in [0.5, 0.6) is 0 Å². The Morgan fingerprint density at radius 2 is 1.22 bits per heavy atom. The van der Waals surface area contributed by atoms with E-state index >= 15 is 0 Å². The van der Waals surface area contributed by atoms with Crippen LogP contribution in [0.3, 0.4) is 0 Å². The minimum absolute atomic E-state index is 0.0743. The zero-order valence-corrected chi connectivity index (χ0v) is 36.0. The van der Waals surface area contributed by atoms with Crippen molar-refractivity contribution in [1.29, 1.82) is 0 Å². The average Bonchev–Trinajstić information content (AvgIpc) is 3.88. The standard InChI is InChI=1S/C44H80NO8P/c1-6-8-10-12-14-16-17-18-19-20-22-24-28-32-37-49-39-41(40-51-54(47,48)50-38-36-45(3,4)5)52-44(46)35-31-27-26-30-34-43-42(53-43)33-29-25-23-21-15-13-11-9-7-2/h9,11,15,21,25-26,29-30,41-43H,6-8,10,12-14,16-20,22-24,27-28,31-40H2,1-5H3/p+1/b11-9-,21-15-,29-25-,30-26-. The summed E-state index contributed by atoms with van der Waals surface area (Å²) >= 11 is 0. The van der Waals surface area contributed by atoms with E-state index < -0.39 is 13.9 Å². The molecular weight excluding hydrogens is 701 g/mol. The second kappa shape index (κ2) is 33.5. The van der Waals surface area contributed by atoms with Crippen LogP contribution in [0.2, 0.25) is 0 Å². The summed E-state index contributed by atoms with van der Waals surface area (Å²) in [5, 5.41) is 0. The minimum Gasteiger partial charge on any atom is -0.457 e. The number of quaternary nitrogens is 1. The number of phosphoric acid groups is 1. The highest BCUT2D eigenvalue weighted by atomic mass is 31.2. The van der Waals surface area contributed by atoms with Gasteiger partial charge in [0.25, 0.3) is 0 Å². The molecule has 0 bridgehead atoms. The van der Waals surface area contributed by atoms with Gasteiger partial charge in [0.2, 0.25) is 0 Å². The maximum absolute atomic E-state index is 12.7. The Kier molecular flexibility index (Phi) is 31.3. The quantitative estimate of drug-likeness (QED) is 0.0165. The summed E-state index contributed by atoms with van der Waals surface area (Å²) in [5.41, 5.74) is 0. The second-order valence-corrected chi connectivity index (χ2v) is 17.2. The van der Waals surface area contributed by atoms with Crippen molar-refractivity contribution in [2.45, 2.75) is 173 Å². The summed E-state index contributed by atoms with van der Waals surface area (Å²) in [7, 11) is 1.62. The van der Waals surface area contributed by atoms with Gasteiger partial charge in [-0.1, -0.05) is 146 Å². The van der Waals surface area contributed by atoms with E-state index in [1.807, 2.05) is 21.1 Å². The van der Waals surface area contributed by atoms with Crippen molar-refractivity contribution < 1.29 is 42.0 Å². The van der Waals surface area contributed by atoms with E-state index in [2.05, 4.69) is 62.5 Å². The van der Waals surface area contributed by atoms with Crippen LogP contribution >= 0.6 is 7.82 Å². The molecule has 0 aliphatic carbocycles. The first-order valence-corrected chi connectivity index (χ1v) is 23.0. The lowest BCUT2D eigenvalue weighted by Gasteiger charge is -2.24. The van der Waals surface area contributed by atoms with Crippen LogP contribution in [-0.4, -0.2) is 87.8 Å². The van der Waals surface area contributed by atoms with Crippen molar-refractivity contribution in [3.05, 3.63) is 48.6 Å². The van der Waals surface area contributed by atoms with Crippen LogP contribution in [-0.2, 0) is 32.6 Å². The number of likely N-dealkylation sites (N-methyl/N-ethyl adjacent to an activating group) is 1. The molecule has 10 heteroatoms. The number of hydrogen-bond donors (Lipinski definition) is 1. The molecule has 314 valence electrons. The van der Waals surface area contributed by atoms with E-state index in [-0.39, 0.29) is 38.3 Å². The number of phosphoric ester groups is 1. The Balaban J connectivity index is 2.29. The second-order valence-electron chi connectivity index (χ2n) is 15.7. The maximum atomic E-state index is 12.7. The fourth-order valence-electron chi connectivity index (χ4n) is 5.86. The maximum Gasteiger partial charge on any atom is 0.472 e. The van der Waals surface area contributed by atoms with Crippen molar-refractivity contribution >= 4 is 13.8 Å². The van der Waals surface area contributed by atoms with Gasteiger partial charge in [0, 0.05) is 13.0 Å². The van der Waals surface area contributed by atoms with Crippen molar-refractivity contribution in [1.82, 2.24) is 0 Å². The van der Waals surface area contributed by atoms with E-state index in [0.717, 1.165) is 51.4 Å². The molecule has 0 amide bonds. The predicted octanol–water partition coefficient (Wildman–Crippen LogP) is 11.4. The molecule has 54 heavy (non-hydrogen) atoms. The van der Waals surface area contributed by atoms with Gasteiger partial charge in [0.1, 0.15) is 19.3 Å². The van der Waals surface area contributed by atoms with Crippen molar-refractivity contribution in [2.24, 2.45) is 0 Å². The molecule has 4 atom stereocenters. The Morgan fingerprint density at radius 3 is 1.80 bits per heavy atom. The molecule has 1 aliphatic heterocycles. The highest BCUT2D eigenvalue weighted by molar-refractivity contribution is 7.47. The molecular formula is C44H81NO8P+. The summed E-state index contributed by atoms with van der Waals surface area (Å²) in [6, 6.07) is 0. The van der Waals surface area contributed by atoms with Crippen molar-refractivity contribution in [3.8, 4) is 0 Å².